The maximum Gasteiger partial charge on any atom is 0.337 e. The normalized spacial score (nSPS) is 23.2. The van der Waals surface area contributed by atoms with Gasteiger partial charge in [0.1, 0.15) is 0 Å². The summed E-state index contributed by atoms with van der Waals surface area (Å²) >= 11 is 0. The zero-order chi connectivity index (χ0) is 18.2. The van der Waals surface area contributed by atoms with Gasteiger partial charge >= 0.3 is 5.97 Å². The van der Waals surface area contributed by atoms with E-state index in [9.17, 15) is 9.59 Å². The van der Waals surface area contributed by atoms with Crippen LogP contribution in [-0.4, -0.2) is 37.8 Å². The number of hydrogen-bond acceptors (Lipinski definition) is 5. The van der Waals surface area contributed by atoms with Crippen molar-refractivity contribution in [3.63, 3.8) is 0 Å². The van der Waals surface area contributed by atoms with E-state index in [0.717, 1.165) is 18.4 Å². The first-order valence-electron chi connectivity index (χ1n) is 8.64. The van der Waals surface area contributed by atoms with E-state index in [2.05, 4.69) is 29.1 Å². The number of carbonyl (C=O) groups excluding carboxylic acids is 2. The minimum absolute atomic E-state index is 0.103. The molecule has 0 spiro atoms. The molecule has 0 aromatic heterocycles. The highest BCUT2D eigenvalue weighted by Gasteiger charge is 2.28. The van der Waals surface area contributed by atoms with E-state index < -0.39 is 0 Å². The van der Waals surface area contributed by atoms with Gasteiger partial charge in [0.15, 0.2) is 6.61 Å². The van der Waals surface area contributed by atoms with Crippen LogP contribution in [0, 0.1) is 11.8 Å². The quantitative estimate of drug-likeness (QED) is 0.488. The first kappa shape index (κ1) is 19.0. The van der Waals surface area contributed by atoms with E-state index in [1.165, 1.54) is 19.7 Å². The van der Waals surface area contributed by atoms with Crippen LogP contribution in [0.4, 0.5) is 0 Å². The number of benzene rings is 1. The highest BCUT2D eigenvalue weighted by Crippen LogP contribution is 2.29. The summed E-state index contributed by atoms with van der Waals surface area (Å²) in [6, 6.07) is 6.96. The first-order chi connectivity index (χ1) is 12.0. The van der Waals surface area contributed by atoms with Crippen LogP contribution in [-0.2, 0) is 14.4 Å². The number of hydrogen-bond donors (Lipinski definition) is 1. The number of esters is 1. The summed E-state index contributed by atoms with van der Waals surface area (Å²) in [7, 11) is 1.34. The van der Waals surface area contributed by atoms with Gasteiger partial charge in [-0.05, 0) is 36.0 Å². The van der Waals surface area contributed by atoms with E-state index in [1.807, 2.05) is 0 Å². The summed E-state index contributed by atoms with van der Waals surface area (Å²) in [4.78, 5) is 28.4. The number of methoxy groups -OCH3 is 1. The standard InChI is InChI=1S/C19H26N2O4/c1-13-5-4-6-17(14(13)2)21-18(22)12-25-20-11-15-7-9-16(10-8-15)19(23)24-3/h7-11,13-14,17H,4-6,12H2,1-3H3,(H,21,22)/b20-11-/t13-,14+,17-/m0/s1. The molecule has 1 saturated carbocycles. The number of rotatable bonds is 6. The Bertz CT molecular complexity index is 612. The Hall–Kier alpha value is -2.37. The molecular formula is C19H26N2O4. The van der Waals surface area contributed by atoms with Crippen LogP contribution in [0.5, 0.6) is 0 Å². The molecule has 136 valence electrons. The fourth-order valence-electron chi connectivity index (χ4n) is 3.05. The third kappa shape index (κ3) is 5.59. The Morgan fingerprint density at radius 3 is 2.64 bits per heavy atom. The Balaban J connectivity index is 1.75. The lowest BCUT2D eigenvalue weighted by atomic mass is 9.78. The molecule has 1 fully saturated rings. The van der Waals surface area contributed by atoms with Gasteiger partial charge in [0.25, 0.3) is 5.91 Å². The largest absolute Gasteiger partial charge is 0.465 e. The molecule has 0 saturated heterocycles. The Labute approximate surface area is 148 Å². The Morgan fingerprint density at radius 1 is 1.24 bits per heavy atom. The van der Waals surface area contributed by atoms with Gasteiger partial charge in [-0.2, -0.15) is 0 Å². The molecule has 0 aliphatic heterocycles. The predicted molar refractivity (Wildman–Crippen MR) is 95.4 cm³/mol. The zero-order valence-corrected chi connectivity index (χ0v) is 15.0. The Morgan fingerprint density at radius 2 is 1.96 bits per heavy atom. The summed E-state index contributed by atoms with van der Waals surface area (Å²) in [5, 5.41) is 6.84. The first-order valence-corrected chi connectivity index (χ1v) is 8.64. The van der Waals surface area contributed by atoms with E-state index in [1.54, 1.807) is 24.3 Å². The second-order valence-corrected chi connectivity index (χ2v) is 6.56. The predicted octanol–water partition coefficient (Wildman–Crippen LogP) is 2.76. The smallest absolute Gasteiger partial charge is 0.337 e. The molecule has 1 aliphatic carbocycles. The lowest BCUT2D eigenvalue weighted by molar-refractivity contribution is -0.127. The molecule has 0 unspecified atom stereocenters. The van der Waals surface area contributed by atoms with Crippen molar-refractivity contribution in [2.24, 2.45) is 17.0 Å². The molecule has 0 heterocycles. The lowest BCUT2D eigenvalue weighted by Gasteiger charge is -2.34. The number of nitrogens with one attached hydrogen (secondary N) is 1. The fourth-order valence-corrected chi connectivity index (χ4v) is 3.05. The molecule has 2 rings (SSSR count). The number of oxime groups is 1. The molecular weight excluding hydrogens is 320 g/mol. The van der Waals surface area contributed by atoms with Crippen LogP contribution in [0.25, 0.3) is 0 Å². The highest BCUT2D eigenvalue weighted by atomic mass is 16.6. The maximum atomic E-state index is 12.0. The van der Waals surface area contributed by atoms with Crippen molar-refractivity contribution in [2.45, 2.75) is 39.2 Å². The Kier molecular flexibility index (Phi) is 6.98. The van der Waals surface area contributed by atoms with E-state index in [0.29, 0.717) is 17.4 Å². The molecule has 25 heavy (non-hydrogen) atoms. The topological polar surface area (TPSA) is 77.0 Å². The van der Waals surface area contributed by atoms with Gasteiger partial charge < -0.3 is 14.9 Å². The molecule has 6 heteroatoms. The van der Waals surface area contributed by atoms with Gasteiger partial charge in [-0.15, -0.1) is 0 Å². The van der Waals surface area contributed by atoms with Gasteiger partial charge in [-0.1, -0.05) is 44.0 Å². The van der Waals surface area contributed by atoms with Crippen LogP contribution < -0.4 is 5.32 Å². The molecule has 1 aliphatic rings. The second-order valence-electron chi connectivity index (χ2n) is 6.56. The van der Waals surface area contributed by atoms with Gasteiger partial charge in [-0.25, -0.2) is 4.79 Å². The van der Waals surface area contributed by atoms with Gasteiger partial charge in [0.05, 0.1) is 18.9 Å². The van der Waals surface area contributed by atoms with Gasteiger partial charge in [0.2, 0.25) is 0 Å². The van der Waals surface area contributed by atoms with E-state index in [4.69, 9.17) is 4.84 Å². The molecule has 6 nitrogen and oxygen atoms in total. The maximum absolute atomic E-state index is 12.0. The summed E-state index contributed by atoms with van der Waals surface area (Å²) in [6.07, 6.45) is 4.90. The zero-order valence-electron chi connectivity index (χ0n) is 15.0. The molecule has 1 N–H and O–H groups in total. The van der Waals surface area contributed by atoms with Crippen molar-refractivity contribution in [1.29, 1.82) is 0 Å². The molecule has 3 atom stereocenters. The second kappa shape index (κ2) is 9.20. The third-order valence-electron chi connectivity index (χ3n) is 4.86. The number of carbonyl (C=O) groups is 2. The fraction of sp³-hybridized carbons (Fsp3) is 0.526. The van der Waals surface area contributed by atoms with Crippen LogP contribution >= 0.6 is 0 Å². The molecule has 1 aromatic carbocycles. The van der Waals surface area contributed by atoms with Gasteiger partial charge in [0, 0.05) is 6.04 Å². The van der Waals surface area contributed by atoms with Crippen LogP contribution in [0.15, 0.2) is 29.4 Å². The van der Waals surface area contributed by atoms with Crippen LogP contribution in [0.3, 0.4) is 0 Å². The lowest BCUT2D eigenvalue weighted by Crippen LogP contribution is -2.44. The third-order valence-corrected chi connectivity index (χ3v) is 4.86. The SMILES string of the molecule is COC(=O)c1ccc(/C=N\OCC(=O)N[C@H]2CCC[C@H](C)[C@H]2C)cc1. The molecule has 1 amide bonds. The van der Waals surface area contributed by atoms with Crippen molar-refractivity contribution in [1.82, 2.24) is 5.32 Å². The minimum Gasteiger partial charge on any atom is -0.465 e. The average molecular weight is 346 g/mol. The minimum atomic E-state index is -0.386. The van der Waals surface area contributed by atoms with Gasteiger partial charge in [-0.3, -0.25) is 4.79 Å². The molecule has 1 aromatic rings. The summed E-state index contributed by atoms with van der Waals surface area (Å²) in [5.41, 5.74) is 1.23. The molecule has 0 radical (unpaired) electrons. The van der Waals surface area contributed by atoms with Crippen molar-refractivity contribution in [2.75, 3.05) is 13.7 Å². The molecule has 0 bridgehead atoms. The van der Waals surface area contributed by atoms with Crippen molar-refractivity contribution in [3.8, 4) is 0 Å². The summed E-state index contributed by atoms with van der Waals surface area (Å²) in [5.74, 6) is 0.576. The summed E-state index contributed by atoms with van der Waals surface area (Å²) < 4.78 is 4.64. The van der Waals surface area contributed by atoms with Crippen molar-refractivity contribution < 1.29 is 19.2 Å². The number of ether oxygens (including phenoxy) is 1. The number of nitrogens with zero attached hydrogens (tertiary/aromatic N) is 1. The van der Waals surface area contributed by atoms with Crippen molar-refractivity contribution >= 4 is 18.1 Å². The average Bonchev–Trinajstić information content (AvgIpc) is 2.62. The van der Waals surface area contributed by atoms with E-state index >= 15 is 0 Å². The highest BCUT2D eigenvalue weighted by molar-refractivity contribution is 5.90. The van der Waals surface area contributed by atoms with E-state index in [-0.39, 0.29) is 24.5 Å². The van der Waals surface area contributed by atoms with Crippen molar-refractivity contribution in [3.05, 3.63) is 35.4 Å². The monoisotopic (exact) mass is 346 g/mol. The van der Waals surface area contributed by atoms with Crippen LogP contribution in [0.2, 0.25) is 0 Å². The van der Waals surface area contributed by atoms with Crippen LogP contribution in [0.1, 0.15) is 49.0 Å². The summed E-state index contributed by atoms with van der Waals surface area (Å²) in [6.45, 7) is 4.31. The number of amides is 1.